The summed E-state index contributed by atoms with van der Waals surface area (Å²) in [5, 5.41) is 36.2. The first kappa shape index (κ1) is 26.8. The molecule has 0 amide bonds. The van der Waals surface area contributed by atoms with E-state index in [0.29, 0.717) is 19.4 Å². The van der Waals surface area contributed by atoms with Gasteiger partial charge in [-0.05, 0) is 95.7 Å². The fourth-order valence-corrected chi connectivity index (χ4v) is 7.81. The molecule has 1 saturated heterocycles. The van der Waals surface area contributed by atoms with Crippen LogP contribution in [0, 0.1) is 28.6 Å². The van der Waals surface area contributed by atoms with Gasteiger partial charge in [-0.25, -0.2) is 0 Å². The van der Waals surface area contributed by atoms with Crippen molar-refractivity contribution in [3.8, 4) is 0 Å². The zero-order valence-electron chi connectivity index (χ0n) is 22.1. The first-order valence-corrected chi connectivity index (χ1v) is 13.7. The van der Waals surface area contributed by atoms with Gasteiger partial charge in [0, 0.05) is 23.8 Å². The van der Waals surface area contributed by atoms with E-state index in [1.807, 2.05) is 13.8 Å². The highest BCUT2D eigenvalue weighted by Gasteiger charge is 2.54. The van der Waals surface area contributed by atoms with Crippen LogP contribution in [0.1, 0.15) is 79.1 Å². The smallest absolute Gasteiger partial charge is 0.159 e. The number of hydrogen-bond donors (Lipinski definition) is 3. The highest BCUT2D eigenvalue weighted by atomic mass is 16.6. The second-order valence-corrected chi connectivity index (χ2v) is 12.3. The van der Waals surface area contributed by atoms with Crippen LogP contribution >= 0.6 is 0 Å². The summed E-state index contributed by atoms with van der Waals surface area (Å²) in [4.78, 5) is 20.9. The number of ketones is 1. The molecule has 1 aliphatic heterocycles. The van der Waals surface area contributed by atoms with Gasteiger partial charge >= 0.3 is 0 Å². The zero-order valence-corrected chi connectivity index (χ0v) is 22.1. The fourth-order valence-electron chi connectivity index (χ4n) is 7.81. The molecule has 3 aliphatic carbocycles. The Morgan fingerprint density at radius 3 is 2.60 bits per heavy atom. The molecule has 0 aromatic rings. The predicted octanol–water partition coefficient (Wildman–Crippen LogP) is 3.32. The molecule has 0 radical (unpaired) electrons. The molecule has 4 rings (SSSR count). The fraction of sp³-hybridized carbons (Fsp3) is 0.857. The van der Waals surface area contributed by atoms with Crippen molar-refractivity contribution in [2.75, 3.05) is 26.2 Å². The van der Waals surface area contributed by atoms with Crippen LogP contribution in [0.25, 0.3) is 0 Å². The molecule has 1 heterocycles. The Morgan fingerprint density at radius 2 is 1.89 bits per heavy atom. The van der Waals surface area contributed by atoms with Crippen LogP contribution in [0.4, 0.5) is 0 Å². The number of oxime groups is 1. The van der Waals surface area contributed by atoms with Crippen molar-refractivity contribution < 1.29 is 25.0 Å². The van der Waals surface area contributed by atoms with Crippen LogP contribution in [-0.2, 0) is 9.63 Å². The largest absolute Gasteiger partial charge is 0.394 e. The van der Waals surface area contributed by atoms with Crippen molar-refractivity contribution in [1.29, 1.82) is 0 Å². The van der Waals surface area contributed by atoms with Crippen molar-refractivity contribution in [3.05, 3.63) is 11.6 Å². The summed E-state index contributed by atoms with van der Waals surface area (Å²) in [5.74, 6) is 0.0954. The third-order valence-electron chi connectivity index (χ3n) is 10.1. The Kier molecular flexibility index (Phi) is 8.11. The summed E-state index contributed by atoms with van der Waals surface area (Å²) in [6, 6.07) is 0. The molecule has 7 heteroatoms. The van der Waals surface area contributed by atoms with E-state index in [1.54, 1.807) is 6.08 Å². The second-order valence-electron chi connectivity index (χ2n) is 12.3. The summed E-state index contributed by atoms with van der Waals surface area (Å²) in [7, 11) is 0. The maximum atomic E-state index is 12.8. The summed E-state index contributed by atoms with van der Waals surface area (Å²) >= 11 is 0. The Bertz CT molecular complexity index is 837. The zero-order chi connectivity index (χ0) is 25.4. The number of nitrogens with zero attached hydrogens (tertiary/aromatic N) is 2. The molecule has 0 aromatic heterocycles. The minimum absolute atomic E-state index is 0.0752. The van der Waals surface area contributed by atoms with Crippen LogP contribution in [0.15, 0.2) is 16.8 Å². The molecule has 3 N–H and O–H groups in total. The van der Waals surface area contributed by atoms with Crippen molar-refractivity contribution in [2.45, 2.75) is 97.4 Å². The lowest BCUT2D eigenvalue weighted by atomic mass is 9.53. The highest BCUT2D eigenvalue weighted by molar-refractivity contribution is 5.94. The Labute approximate surface area is 210 Å². The number of carbonyl (C=O) groups is 1. The second kappa shape index (κ2) is 10.6. The van der Waals surface area contributed by atoms with Gasteiger partial charge in [-0.15, -0.1) is 0 Å². The average molecular weight is 491 g/mol. The number of likely N-dealkylation sites (tertiary alicyclic amines) is 1. The standard InChI is InChI=1S/C28H46N2O5/c1-18-15-23(31)22-16-24(32)25(33)17-28(22,4)20(18)9-10-27(3)21(7-8-26(27)34)19(2)29-35-14-13-30-11-5-6-12-30/h15,20-22,24-26,32-34H,5-14,16-17H2,1-4H3/b29-19-/t20?,21-,22+,24-,25+,26+,27-,28-/m1/s1. The maximum absolute atomic E-state index is 12.8. The average Bonchev–Trinajstić information content (AvgIpc) is 3.41. The van der Waals surface area contributed by atoms with Gasteiger partial charge in [0.15, 0.2) is 5.78 Å². The minimum Gasteiger partial charge on any atom is -0.394 e. The minimum atomic E-state index is -0.840. The molecule has 198 valence electrons. The Hall–Kier alpha value is -1.28. The highest BCUT2D eigenvalue weighted by Crippen LogP contribution is 2.56. The Balaban J connectivity index is 1.43. The van der Waals surface area contributed by atoms with Gasteiger partial charge in [0.05, 0.1) is 24.0 Å². The normalized spacial score (nSPS) is 42.8. The van der Waals surface area contributed by atoms with Crippen molar-refractivity contribution in [1.82, 2.24) is 4.90 Å². The van der Waals surface area contributed by atoms with Crippen molar-refractivity contribution >= 4 is 11.5 Å². The maximum Gasteiger partial charge on any atom is 0.159 e. The molecule has 3 fully saturated rings. The van der Waals surface area contributed by atoms with Gasteiger partial charge in [0.2, 0.25) is 0 Å². The number of carbonyl (C=O) groups excluding carboxylic acids is 1. The lowest BCUT2D eigenvalue weighted by molar-refractivity contribution is -0.140. The van der Waals surface area contributed by atoms with Crippen molar-refractivity contribution in [3.63, 3.8) is 0 Å². The third kappa shape index (κ3) is 5.25. The third-order valence-corrected chi connectivity index (χ3v) is 10.1. The van der Waals surface area contributed by atoms with E-state index in [9.17, 15) is 20.1 Å². The molecular formula is C28H46N2O5. The molecule has 0 spiro atoms. The molecule has 7 nitrogen and oxygen atoms in total. The predicted molar refractivity (Wildman–Crippen MR) is 136 cm³/mol. The van der Waals surface area contributed by atoms with Crippen LogP contribution in [0.5, 0.6) is 0 Å². The number of aliphatic hydroxyl groups is 3. The number of hydrogen-bond acceptors (Lipinski definition) is 7. The van der Waals surface area contributed by atoms with Gasteiger partial charge < -0.3 is 20.2 Å². The molecular weight excluding hydrogens is 444 g/mol. The van der Waals surface area contributed by atoms with Crippen LogP contribution < -0.4 is 0 Å². The van der Waals surface area contributed by atoms with E-state index in [-0.39, 0.29) is 34.4 Å². The van der Waals surface area contributed by atoms with Gasteiger partial charge in [0.1, 0.15) is 6.61 Å². The molecule has 0 aromatic carbocycles. The topological polar surface area (TPSA) is 103 Å². The van der Waals surface area contributed by atoms with Crippen LogP contribution in [0.3, 0.4) is 0 Å². The van der Waals surface area contributed by atoms with Crippen molar-refractivity contribution in [2.24, 2.45) is 33.7 Å². The van der Waals surface area contributed by atoms with Gasteiger partial charge in [-0.3, -0.25) is 9.69 Å². The lowest BCUT2D eigenvalue weighted by Gasteiger charge is -2.52. The van der Waals surface area contributed by atoms with Gasteiger partial charge in [0.25, 0.3) is 0 Å². The van der Waals surface area contributed by atoms with Gasteiger partial charge in [-0.1, -0.05) is 24.6 Å². The number of fused-ring (bicyclic) bond motifs is 1. The van der Waals surface area contributed by atoms with Gasteiger partial charge in [-0.2, -0.15) is 0 Å². The van der Waals surface area contributed by atoms with E-state index < -0.39 is 18.3 Å². The summed E-state index contributed by atoms with van der Waals surface area (Å²) in [5.41, 5.74) is 1.32. The summed E-state index contributed by atoms with van der Waals surface area (Å²) < 4.78 is 0. The van der Waals surface area contributed by atoms with E-state index >= 15 is 0 Å². The molecule has 2 saturated carbocycles. The number of allylic oxidation sites excluding steroid dienone is 2. The molecule has 1 unspecified atom stereocenters. The first-order valence-electron chi connectivity index (χ1n) is 13.7. The summed E-state index contributed by atoms with van der Waals surface area (Å²) in [6.45, 7) is 12.1. The molecule has 4 aliphatic rings. The van der Waals surface area contributed by atoms with E-state index in [1.165, 1.54) is 12.8 Å². The van der Waals surface area contributed by atoms with E-state index in [2.05, 4.69) is 23.9 Å². The first-order chi connectivity index (χ1) is 16.6. The molecule has 35 heavy (non-hydrogen) atoms. The number of aliphatic hydroxyl groups excluding tert-OH is 3. The van der Waals surface area contributed by atoms with E-state index in [0.717, 1.165) is 56.6 Å². The lowest BCUT2D eigenvalue weighted by Crippen LogP contribution is -2.53. The number of rotatable bonds is 8. The van der Waals surface area contributed by atoms with E-state index in [4.69, 9.17) is 4.84 Å². The van der Waals surface area contributed by atoms with Crippen LogP contribution in [0.2, 0.25) is 0 Å². The summed E-state index contributed by atoms with van der Waals surface area (Å²) in [6.07, 6.45) is 6.28. The molecule has 0 bridgehead atoms. The Morgan fingerprint density at radius 1 is 1.17 bits per heavy atom. The quantitative estimate of drug-likeness (QED) is 0.274. The van der Waals surface area contributed by atoms with Crippen LogP contribution in [-0.4, -0.2) is 76.3 Å². The SMILES string of the molecule is CC1=CC(=O)[C@@H]2C[C@@H](O)[C@@H](O)C[C@]2(C)C1CC[C@]1(C)[C@@H](/C(C)=N\OCCN2CCCC2)CC[C@@H]1O. The molecule has 8 atom stereocenters. The monoisotopic (exact) mass is 490 g/mol.